The molecule has 1 aliphatic heterocycles. The van der Waals surface area contributed by atoms with Gasteiger partial charge in [-0.1, -0.05) is 0 Å². The fraction of sp³-hybridized carbons (Fsp3) is 0.526. The van der Waals surface area contributed by atoms with Gasteiger partial charge in [0.25, 0.3) is 5.91 Å². The number of hydrogen-bond acceptors (Lipinski definition) is 5. The van der Waals surface area contributed by atoms with Crippen molar-refractivity contribution in [1.82, 2.24) is 9.80 Å². The number of hydrogen-bond donors (Lipinski definition) is 1. The largest absolute Gasteiger partial charge is 0.493 e. The molecule has 0 bridgehead atoms. The van der Waals surface area contributed by atoms with Crippen LogP contribution in [-0.2, 0) is 9.59 Å². The van der Waals surface area contributed by atoms with Crippen molar-refractivity contribution < 1.29 is 33.4 Å². The fourth-order valence-corrected chi connectivity index (χ4v) is 3.50. The second-order valence-corrected chi connectivity index (χ2v) is 6.58. The Morgan fingerprint density at radius 1 is 1.21 bits per heavy atom. The van der Waals surface area contributed by atoms with Crippen molar-refractivity contribution in [3.63, 3.8) is 0 Å². The maximum atomic E-state index is 14.4. The summed E-state index contributed by atoms with van der Waals surface area (Å²) in [6, 6.07) is 2.25. The van der Waals surface area contributed by atoms with Gasteiger partial charge in [0.1, 0.15) is 17.9 Å². The normalized spacial score (nSPS) is 16.9. The van der Waals surface area contributed by atoms with Crippen LogP contribution in [0.5, 0.6) is 11.5 Å². The quantitative estimate of drug-likeness (QED) is 0.787. The minimum Gasteiger partial charge on any atom is -0.493 e. The molecule has 1 heterocycles. The summed E-state index contributed by atoms with van der Waals surface area (Å²) in [5.41, 5.74) is -0.200. The molecule has 8 nitrogen and oxygen atoms in total. The SMILES string of the molecule is COc1ccc(F)c(C(=O)N2CCCC(N(CC(=O)O)C(C)=O)CC2)c1OC. The van der Waals surface area contributed by atoms with Crippen LogP contribution >= 0.6 is 0 Å². The summed E-state index contributed by atoms with van der Waals surface area (Å²) in [6.45, 7) is 1.58. The van der Waals surface area contributed by atoms with Crippen molar-refractivity contribution in [3.05, 3.63) is 23.5 Å². The van der Waals surface area contributed by atoms with E-state index >= 15 is 0 Å². The van der Waals surface area contributed by atoms with Crippen LogP contribution in [0.4, 0.5) is 4.39 Å². The van der Waals surface area contributed by atoms with E-state index in [2.05, 4.69) is 0 Å². The van der Waals surface area contributed by atoms with Gasteiger partial charge >= 0.3 is 5.97 Å². The first kappa shape index (κ1) is 21.5. The van der Waals surface area contributed by atoms with Gasteiger partial charge in [0.15, 0.2) is 11.5 Å². The zero-order chi connectivity index (χ0) is 20.8. The molecule has 28 heavy (non-hydrogen) atoms. The molecule has 1 aliphatic rings. The molecule has 0 aromatic heterocycles. The molecule has 2 rings (SSSR count). The third-order valence-corrected chi connectivity index (χ3v) is 4.84. The topological polar surface area (TPSA) is 96.4 Å². The molecule has 0 spiro atoms. The van der Waals surface area contributed by atoms with E-state index in [4.69, 9.17) is 14.6 Å². The van der Waals surface area contributed by atoms with Crippen LogP contribution < -0.4 is 9.47 Å². The average molecular weight is 396 g/mol. The molecular weight excluding hydrogens is 371 g/mol. The summed E-state index contributed by atoms with van der Waals surface area (Å²) in [4.78, 5) is 38.7. The lowest BCUT2D eigenvalue weighted by atomic mass is 10.1. The van der Waals surface area contributed by atoms with E-state index in [0.717, 1.165) is 6.07 Å². The highest BCUT2D eigenvalue weighted by molar-refractivity contribution is 5.98. The molecule has 0 aliphatic carbocycles. The van der Waals surface area contributed by atoms with E-state index in [-0.39, 0.29) is 42.1 Å². The lowest BCUT2D eigenvalue weighted by Crippen LogP contribution is -2.43. The molecule has 0 saturated carbocycles. The molecule has 1 unspecified atom stereocenters. The predicted octanol–water partition coefficient (Wildman–Crippen LogP) is 1.77. The monoisotopic (exact) mass is 396 g/mol. The summed E-state index contributed by atoms with van der Waals surface area (Å²) in [7, 11) is 2.74. The number of likely N-dealkylation sites (tertiary alicyclic amines) is 1. The summed E-state index contributed by atoms with van der Waals surface area (Å²) in [6.07, 6.45) is 1.54. The number of carbonyl (C=O) groups excluding carboxylic acids is 2. The summed E-state index contributed by atoms with van der Waals surface area (Å²) < 4.78 is 24.8. The molecule has 1 N–H and O–H groups in total. The van der Waals surface area contributed by atoms with Gasteiger partial charge < -0.3 is 24.4 Å². The zero-order valence-electron chi connectivity index (χ0n) is 16.2. The molecular formula is C19H25FN2O6. The fourth-order valence-electron chi connectivity index (χ4n) is 3.50. The Balaban J connectivity index is 2.21. The van der Waals surface area contributed by atoms with E-state index in [1.54, 1.807) is 0 Å². The number of amides is 2. The van der Waals surface area contributed by atoms with Gasteiger partial charge in [-0.2, -0.15) is 0 Å². The van der Waals surface area contributed by atoms with E-state index in [0.29, 0.717) is 25.8 Å². The molecule has 1 atom stereocenters. The van der Waals surface area contributed by atoms with Crippen LogP contribution in [0, 0.1) is 5.82 Å². The van der Waals surface area contributed by atoms with Gasteiger partial charge in [0, 0.05) is 26.1 Å². The van der Waals surface area contributed by atoms with Crippen molar-refractivity contribution in [1.29, 1.82) is 0 Å². The standard InChI is InChI=1S/C19H25FN2O6/c1-12(23)22(11-16(24)25)13-5-4-9-21(10-8-13)19(26)17-14(20)6-7-15(27-2)18(17)28-3/h6-7,13H,4-5,8-11H2,1-3H3,(H,24,25). The number of ether oxygens (including phenoxy) is 2. The van der Waals surface area contributed by atoms with Crippen molar-refractivity contribution >= 4 is 17.8 Å². The first-order valence-electron chi connectivity index (χ1n) is 8.98. The van der Waals surface area contributed by atoms with Crippen LogP contribution in [0.3, 0.4) is 0 Å². The average Bonchev–Trinajstić information content (AvgIpc) is 2.90. The highest BCUT2D eigenvalue weighted by Crippen LogP contribution is 2.34. The van der Waals surface area contributed by atoms with Gasteiger partial charge in [0.2, 0.25) is 5.91 Å². The third kappa shape index (κ3) is 4.71. The second-order valence-electron chi connectivity index (χ2n) is 6.58. The molecule has 2 amide bonds. The molecule has 9 heteroatoms. The lowest BCUT2D eigenvalue weighted by Gasteiger charge is -2.29. The smallest absolute Gasteiger partial charge is 0.323 e. The van der Waals surface area contributed by atoms with Crippen LogP contribution in [-0.4, -0.2) is 72.6 Å². The Kier molecular flexibility index (Phi) is 7.19. The first-order valence-corrected chi connectivity index (χ1v) is 8.98. The number of halogens is 1. The summed E-state index contributed by atoms with van der Waals surface area (Å²) >= 11 is 0. The second kappa shape index (κ2) is 9.38. The van der Waals surface area contributed by atoms with Crippen molar-refractivity contribution in [2.24, 2.45) is 0 Å². The maximum absolute atomic E-state index is 14.4. The Morgan fingerprint density at radius 2 is 1.93 bits per heavy atom. The predicted molar refractivity (Wildman–Crippen MR) is 98.1 cm³/mol. The van der Waals surface area contributed by atoms with E-state index in [1.807, 2.05) is 0 Å². The lowest BCUT2D eigenvalue weighted by molar-refractivity contribution is -0.145. The van der Waals surface area contributed by atoms with Crippen molar-refractivity contribution in [2.45, 2.75) is 32.2 Å². The Hall–Kier alpha value is -2.84. The summed E-state index contributed by atoms with van der Waals surface area (Å²) in [5.74, 6) is -2.36. The number of carboxylic acid groups (broad SMARTS) is 1. The first-order chi connectivity index (χ1) is 13.3. The third-order valence-electron chi connectivity index (χ3n) is 4.84. The Bertz CT molecular complexity index is 754. The molecule has 1 aromatic rings. The van der Waals surface area contributed by atoms with Crippen LogP contribution in [0.2, 0.25) is 0 Å². The highest BCUT2D eigenvalue weighted by atomic mass is 19.1. The van der Waals surface area contributed by atoms with Gasteiger partial charge in [-0.05, 0) is 31.4 Å². The van der Waals surface area contributed by atoms with E-state index in [9.17, 15) is 18.8 Å². The van der Waals surface area contributed by atoms with Gasteiger partial charge in [0.05, 0.1) is 14.2 Å². The Labute approximate surface area is 162 Å². The van der Waals surface area contributed by atoms with Crippen LogP contribution in [0.25, 0.3) is 0 Å². The van der Waals surface area contributed by atoms with Crippen LogP contribution in [0.15, 0.2) is 12.1 Å². The Morgan fingerprint density at radius 3 is 2.50 bits per heavy atom. The van der Waals surface area contributed by atoms with Crippen LogP contribution in [0.1, 0.15) is 36.5 Å². The number of aliphatic carboxylic acids is 1. The highest BCUT2D eigenvalue weighted by Gasteiger charge is 2.31. The van der Waals surface area contributed by atoms with Crippen molar-refractivity contribution in [2.75, 3.05) is 33.9 Å². The van der Waals surface area contributed by atoms with E-state index in [1.165, 1.54) is 37.0 Å². The number of nitrogens with zero attached hydrogens (tertiary/aromatic N) is 2. The van der Waals surface area contributed by atoms with E-state index < -0.39 is 17.7 Å². The number of carboxylic acids is 1. The molecule has 1 aromatic carbocycles. The maximum Gasteiger partial charge on any atom is 0.323 e. The number of benzene rings is 1. The minimum absolute atomic E-state index is 0.0320. The van der Waals surface area contributed by atoms with Gasteiger partial charge in [-0.25, -0.2) is 4.39 Å². The number of rotatable bonds is 6. The molecule has 1 saturated heterocycles. The minimum atomic E-state index is -1.09. The molecule has 154 valence electrons. The number of carbonyl (C=O) groups is 3. The van der Waals surface area contributed by atoms with Crippen molar-refractivity contribution in [3.8, 4) is 11.5 Å². The molecule has 1 fully saturated rings. The van der Waals surface area contributed by atoms with Gasteiger partial charge in [-0.3, -0.25) is 14.4 Å². The number of methoxy groups -OCH3 is 2. The summed E-state index contributed by atoms with van der Waals surface area (Å²) in [5, 5.41) is 9.03. The molecule has 0 radical (unpaired) electrons. The van der Waals surface area contributed by atoms with Gasteiger partial charge in [-0.15, -0.1) is 0 Å². The zero-order valence-corrected chi connectivity index (χ0v) is 16.2.